The van der Waals surface area contributed by atoms with Gasteiger partial charge in [0, 0.05) is 30.2 Å². The maximum absolute atomic E-state index is 4.80. The van der Waals surface area contributed by atoms with Gasteiger partial charge in [-0.05, 0) is 44.4 Å². The summed E-state index contributed by atoms with van der Waals surface area (Å²) in [7, 11) is 1.97. The Morgan fingerprint density at radius 1 is 1.06 bits per heavy atom. The van der Waals surface area contributed by atoms with Crippen LogP contribution in [0.25, 0.3) is 10.9 Å². The number of halogens is 1. The number of rotatable bonds is 7. The molecule has 0 spiro atoms. The van der Waals surface area contributed by atoms with Crippen LogP contribution in [-0.4, -0.2) is 32.3 Å². The van der Waals surface area contributed by atoms with Crippen molar-refractivity contribution < 1.29 is 0 Å². The molecule has 0 aliphatic rings. The molecule has 3 N–H and O–H groups in total. The van der Waals surface area contributed by atoms with Gasteiger partial charge >= 0.3 is 0 Å². The zero-order valence-corrected chi connectivity index (χ0v) is 21.9. The zero-order valence-electron chi connectivity index (χ0n) is 19.6. The molecule has 4 rings (SSSR count). The van der Waals surface area contributed by atoms with Crippen LogP contribution in [0, 0.1) is 13.8 Å². The molecule has 7 nitrogen and oxygen atoms in total. The molecule has 33 heavy (non-hydrogen) atoms. The van der Waals surface area contributed by atoms with Crippen molar-refractivity contribution in [3.8, 4) is 0 Å². The predicted molar refractivity (Wildman–Crippen MR) is 145 cm³/mol. The summed E-state index contributed by atoms with van der Waals surface area (Å²) in [6.45, 7) is 7.45. The number of nitrogens with zero attached hydrogens (tertiary/aromatic N) is 4. The first kappa shape index (κ1) is 24.8. The third-order valence-electron chi connectivity index (χ3n) is 5.91. The van der Waals surface area contributed by atoms with Gasteiger partial charge in [-0.15, -0.1) is 34.2 Å². The summed E-state index contributed by atoms with van der Waals surface area (Å²) in [6, 6.07) is 19.0. The maximum atomic E-state index is 4.80. The summed E-state index contributed by atoms with van der Waals surface area (Å²) in [6.07, 6.45) is 0.902. The molecule has 2 aromatic heterocycles. The van der Waals surface area contributed by atoms with Gasteiger partial charge in [-0.3, -0.25) is 0 Å². The number of guanidine groups is 1. The molecule has 0 saturated carbocycles. The first-order chi connectivity index (χ1) is 15.5. The largest absolute Gasteiger partial charge is 0.358 e. The normalized spacial score (nSPS) is 12.4. The number of nitrogens with one attached hydrogen (secondary N) is 3. The summed E-state index contributed by atoms with van der Waals surface area (Å²) >= 11 is 0. The molecule has 1 atom stereocenters. The number of aliphatic imine (C=N–C) groups is 1. The smallest absolute Gasteiger partial charge is 0.192 e. The van der Waals surface area contributed by atoms with Crippen molar-refractivity contribution in [3.05, 3.63) is 83.1 Å². The highest BCUT2D eigenvalue weighted by atomic mass is 127. The fourth-order valence-electron chi connectivity index (χ4n) is 3.88. The van der Waals surface area contributed by atoms with Gasteiger partial charge in [0.25, 0.3) is 0 Å². The fraction of sp³-hybridized carbons (Fsp3) is 0.320. The molecule has 2 heterocycles. The van der Waals surface area contributed by atoms with Gasteiger partial charge < -0.3 is 20.2 Å². The monoisotopic (exact) mass is 557 g/mol. The Morgan fingerprint density at radius 3 is 2.52 bits per heavy atom. The van der Waals surface area contributed by atoms with Crippen molar-refractivity contribution in [1.82, 2.24) is 30.4 Å². The summed E-state index contributed by atoms with van der Waals surface area (Å²) in [5.41, 5.74) is 4.95. The minimum Gasteiger partial charge on any atom is -0.358 e. The molecule has 0 bridgehead atoms. The van der Waals surface area contributed by atoms with E-state index < -0.39 is 0 Å². The molecule has 4 aromatic rings. The minimum absolute atomic E-state index is 0. The van der Waals surface area contributed by atoms with E-state index in [4.69, 9.17) is 4.99 Å². The Labute approximate surface area is 212 Å². The van der Waals surface area contributed by atoms with Crippen LogP contribution in [-0.2, 0) is 20.0 Å². The van der Waals surface area contributed by atoms with E-state index in [1.807, 2.05) is 24.6 Å². The molecule has 8 heteroatoms. The Morgan fingerprint density at radius 2 is 1.79 bits per heavy atom. The summed E-state index contributed by atoms with van der Waals surface area (Å²) in [4.78, 5) is 8.28. The van der Waals surface area contributed by atoms with Crippen molar-refractivity contribution in [2.45, 2.75) is 39.8 Å². The van der Waals surface area contributed by atoms with Gasteiger partial charge in [-0.2, -0.15) is 0 Å². The topological polar surface area (TPSA) is 82.9 Å². The molecular formula is C25H32IN7. The van der Waals surface area contributed by atoms with Gasteiger partial charge in [0.1, 0.15) is 12.4 Å². The highest BCUT2D eigenvalue weighted by Crippen LogP contribution is 2.22. The van der Waals surface area contributed by atoms with E-state index >= 15 is 0 Å². The average Bonchev–Trinajstić information content (AvgIpc) is 3.30. The predicted octanol–water partition coefficient (Wildman–Crippen LogP) is 4.57. The van der Waals surface area contributed by atoms with E-state index in [9.17, 15) is 0 Å². The number of hydrogen-bond donors (Lipinski definition) is 3. The van der Waals surface area contributed by atoms with Gasteiger partial charge in [0.2, 0.25) is 0 Å². The van der Waals surface area contributed by atoms with E-state index in [-0.39, 0.29) is 30.0 Å². The van der Waals surface area contributed by atoms with E-state index in [0.717, 1.165) is 30.6 Å². The van der Waals surface area contributed by atoms with Crippen molar-refractivity contribution in [2.75, 3.05) is 6.54 Å². The number of para-hydroxylation sites is 1. The third-order valence-corrected chi connectivity index (χ3v) is 5.91. The maximum Gasteiger partial charge on any atom is 0.192 e. The van der Waals surface area contributed by atoms with Gasteiger partial charge in [0.05, 0.1) is 6.04 Å². The van der Waals surface area contributed by atoms with Crippen LogP contribution in [0.15, 0.2) is 59.6 Å². The summed E-state index contributed by atoms with van der Waals surface area (Å²) in [5.74, 6) is 2.48. The first-order valence-corrected chi connectivity index (χ1v) is 11.0. The van der Waals surface area contributed by atoms with Crippen LogP contribution in [0.2, 0.25) is 0 Å². The zero-order chi connectivity index (χ0) is 22.5. The number of aromatic nitrogens is 4. The summed E-state index contributed by atoms with van der Waals surface area (Å²) < 4.78 is 1.97. The molecule has 0 fully saturated rings. The molecule has 0 saturated heterocycles. The van der Waals surface area contributed by atoms with Crippen LogP contribution in [0.1, 0.15) is 41.4 Å². The van der Waals surface area contributed by atoms with Crippen LogP contribution >= 0.6 is 24.0 Å². The van der Waals surface area contributed by atoms with Crippen LogP contribution < -0.4 is 10.6 Å². The number of aromatic amines is 1. The lowest BCUT2D eigenvalue weighted by Crippen LogP contribution is -2.40. The standard InChI is InChI=1S/C25H31N7.HI/c1-17(20-10-6-5-7-11-20)29-25(27-16-24-31-30-19(3)32(24)4)26-15-14-21-18(2)28-23-13-9-8-12-22(21)23;/h5-13,17,28H,14-16H2,1-4H3,(H2,26,27,29);1H. The highest BCUT2D eigenvalue weighted by molar-refractivity contribution is 14.0. The number of fused-ring (bicyclic) bond motifs is 1. The quantitative estimate of drug-likeness (QED) is 0.177. The fourth-order valence-corrected chi connectivity index (χ4v) is 3.88. The highest BCUT2D eigenvalue weighted by Gasteiger charge is 2.11. The van der Waals surface area contributed by atoms with Gasteiger partial charge in [-0.1, -0.05) is 48.5 Å². The Hall–Kier alpha value is -2.88. The molecule has 0 aliphatic heterocycles. The van der Waals surface area contributed by atoms with E-state index in [1.165, 1.54) is 27.7 Å². The molecule has 0 amide bonds. The van der Waals surface area contributed by atoms with Crippen LogP contribution in [0.3, 0.4) is 0 Å². The van der Waals surface area contributed by atoms with Crippen molar-refractivity contribution in [2.24, 2.45) is 12.0 Å². The first-order valence-electron chi connectivity index (χ1n) is 11.0. The van der Waals surface area contributed by atoms with E-state index in [2.05, 4.69) is 88.2 Å². The molecule has 2 aromatic carbocycles. The number of H-pyrrole nitrogens is 1. The SMILES string of the molecule is Cc1[nH]c2ccccc2c1CCNC(=NCc1nnc(C)n1C)NC(C)c1ccccc1.I. The van der Waals surface area contributed by atoms with E-state index in [0.29, 0.717) is 6.54 Å². The lowest BCUT2D eigenvalue weighted by atomic mass is 10.1. The van der Waals surface area contributed by atoms with Gasteiger partial charge in [-0.25, -0.2) is 4.99 Å². The number of aryl methyl sites for hydroxylation is 2. The summed E-state index contributed by atoms with van der Waals surface area (Å²) in [5, 5.41) is 16.7. The second kappa shape index (κ2) is 11.3. The van der Waals surface area contributed by atoms with Crippen molar-refractivity contribution in [3.63, 3.8) is 0 Å². The average molecular weight is 557 g/mol. The van der Waals surface area contributed by atoms with E-state index in [1.54, 1.807) is 0 Å². The number of benzene rings is 2. The van der Waals surface area contributed by atoms with Crippen LogP contribution in [0.5, 0.6) is 0 Å². The van der Waals surface area contributed by atoms with Gasteiger partial charge in [0.15, 0.2) is 11.8 Å². The lowest BCUT2D eigenvalue weighted by Gasteiger charge is -2.19. The second-order valence-corrected chi connectivity index (χ2v) is 8.11. The van der Waals surface area contributed by atoms with Crippen LogP contribution in [0.4, 0.5) is 0 Å². The molecule has 174 valence electrons. The van der Waals surface area contributed by atoms with Crippen molar-refractivity contribution in [1.29, 1.82) is 0 Å². The number of hydrogen-bond acceptors (Lipinski definition) is 3. The third kappa shape index (κ3) is 5.93. The second-order valence-electron chi connectivity index (χ2n) is 8.11. The Bertz CT molecular complexity index is 1210. The van der Waals surface area contributed by atoms with Crippen molar-refractivity contribution >= 4 is 40.8 Å². The minimum atomic E-state index is 0. The Balaban J connectivity index is 0.00000306. The molecule has 0 aliphatic carbocycles. The molecule has 1 unspecified atom stereocenters. The molecule has 0 radical (unpaired) electrons. The lowest BCUT2D eigenvalue weighted by molar-refractivity contribution is 0.675. The molecular weight excluding hydrogens is 525 g/mol. The Kier molecular flexibility index (Phi) is 8.49.